The second-order valence-corrected chi connectivity index (χ2v) is 7.96. The Balaban J connectivity index is 1.52. The van der Waals surface area contributed by atoms with Crippen LogP contribution in [0.1, 0.15) is 29.9 Å². The van der Waals surface area contributed by atoms with Gasteiger partial charge in [0.1, 0.15) is 10.7 Å². The molecule has 3 rings (SSSR count). The maximum absolute atomic E-state index is 12.5. The first-order chi connectivity index (χ1) is 13.9. The summed E-state index contributed by atoms with van der Waals surface area (Å²) in [7, 11) is 0. The summed E-state index contributed by atoms with van der Waals surface area (Å²) in [5.74, 6) is -0.472. The predicted molar refractivity (Wildman–Crippen MR) is 112 cm³/mol. The molecule has 1 aromatic heterocycles. The van der Waals surface area contributed by atoms with Gasteiger partial charge in [-0.1, -0.05) is 43.6 Å². The van der Waals surface area contributed by atoms with Crippen molar-refractivity contribution in [3.8, 4) is 0 Å². The van der Waals surface area contributed by atoms with Gasteiger partial charge in [-0.05, 0) is 25.0 Å². The van der Waals surface area contributed by atoms with Gasteiger partial charge in [0.15, 0.2) is 6.61 Å². The average Bonchev–Trinajstić information content (AvgIpc) is 2.99. The quantitative estimate of drug-likeness (QED) is 0.674. The van der Waals surface area contributed by atoms with E-state index in [1.165, 1.54) is 0 Å². The molecule has 7 nitrogen and oxygen atoms in total. The fourth-order valence-electron chi connectivity index (χ4n) is 3.40. The molecular formula is C21H27ClN4O3. The summed E-state index contributed by atoms with van der Waals surface area (Å²) in [5.41, 5.74) is 1.88. The molecular weight excluding hydrogens is 392 g/mol. The molecule has 0 radical (unpaired) electrons. The van der Waals surface area contributed by atoms with Crippen molar-refractivity contribution in [1.82, 2.24) is 14.7 Å². The summed E-state index contributed by atoms with van der Waals surface area (Å²) in [5, 5.41) is 4.56. The van der Waals surface area contributed by atoms with Crippen LogP contribution in [-0.2, 0) is 16.1 Å². The lowest BCUT2D eigenvalue weighted by Gasteiger charge is -2.36. The Morgan fingerprint density at radius 2 is 1.79 bits per heavy atom. The second-order valence-electron chi connectivity index (χ2n) is 7.61. The van der Waals surface area contributed by atoms with Gasteiger partial charge in [-0.15, -0.1) is 0 Å². The standard InChI is InChI=1S/C21H27ClN4O3/c1-15(2)13-26-20(22)19(16(3)23-26)21(28)29-14-18(27)25-11-9-24(10-12-25)17-7-5-4-6-8-17/h4-8,15H,9-14H2,1-3H3. The van der Waals surface area contributed by atoms with Crippen molar-refractivity contribution in [2.75, 3.05) is 37.7 Å². The van der Waals surface area contributed by atoms with Crippen molar-refractivity contribution in [2.24, 2.45) is 5.92 Å². The molecule has 1 fully saturated rings. The zero-order valence-corrected chi connectivity index (χ0v) is 17.9. The number of hydrogen-bond acceptors (Lipinski definition) is 5. The minimum atomic E-state index is -0.612. The molecule has 1 amide bonds. The molecule has 0 aliphatic carbocycles. The van der Waals surface area contributed by atoms with Crippen LogP contribution in [0.5, 0.6) is 0 Å². The van der Waals surface area contributed by atoms with E-state index in [-0.39, 0.29) is 23.2 Å². The number of piperazine rings is 1. The lowest BCUT2D eigenvalue weighted by molar-refractivity contribution is -0.134. The Bertz CT molecular complexity index is 858. The molecule has 1 aliphatic heterocycles. The number of rotatable bonds is 6. The Hall–Kier alpha value is -2.54. The third-order valence-electron chi connectivity index (χ3n) is 4.89. The van der Waals surface area contributed by atoms with Crippen LogP contribution in [0.25, 0.3) is 0 Å². The van der Waals surface area contributed by atoms with Gasteiger partial charge < -0.3 is 14.5 Å². The monoisotopic (exact) mass is 418 g/mol. The number of carbonyl (C=O) groups excluding carboxylic acids is 2. The van der Waals surface area contributed by atoms with E-state index in [2.05, 4.69) is 22.1 Å². The molecule has 2 heterocycles. The Labute approximate surface area is 176 Å². The molecule has 0 saturated carbocycles. The van der Waals surface area contributed by atoms with Crippen LogP contribution in [0.3, 0.4) is 0 Å². The summed E-state index contributed by atoms with van der Waals surface area (Å²) < 4.78 is 6.85. The Morgan fingerprint density at radius 3 is 2.41 bits per heavy atom. The lowest BCUT2D eigenvalue weighted by atomic mass is 10.2. The van der Waals surface area contributed by atoms with E-state index in [1.807, 2.05) is 32.0 Å². The minimum absolute atomic E-state index is 0.200. The van der Waals surface area contributed by atoms with Gasteiger partial charge in [0.05, 0.1) is 5.69 Å². The van der Waals surface area contributed by atoms with Crippen molar-refractivity contribution in [3.63, 3.8) is 0 Å². The molecule has 29 heavy (non-hydrogen) atoms. The number of hydrogen-bond donors (Lipinski definition) is 0. The molecule has 0 unspecified atom stereocenters. The normalized spacial score (nSPS) is 14.4. The van der Waals surface area contributed by atoms with Gasteiger partial charge >= 0.3 is 5.97 Å². The van der Waals surface area contributed by atoms with E-state index >= 15 is 0 Å². The zero-order chi connectivity index (χ0) is 21.0. The van der Waals surface area contributed by atoms with Gasteiger partial charge in [0, 0.05) is 38.4 Å². The van der Waals surface area contributed by atoms with E-state index in [4.69, 9.17) is 16.3 Å². The molecule has 1 aromatic carbocycles. The highest BCUT2D eigenvalue weighted by molar-refractivity contribution is 6.32. The van der Waals surface area contributed by atoms with Gasteiger partial charge in [-0.2, -0.15) is 5.10 Å². The van der Waals surface area contributed by atoms with E-state index in [0.717, 1.165) is 18.8 Å². The summed E-state index contributed by atoms with van der Waals surface area (Å²) in [6, 6.07) is 10.1. The van der Waals surface area contributed by atoms with Crippen LogP contribution >= 0.6 is 11.6 Å². The van der Waals surface area contributed by atoms with E-state index in [9.17, 15) is 9.59 Å². The first-order valence-electron chi connectivity index (χ1n) is 9.84. The number of para-hydroxylation sites is 1. The van der Waals surface area contributed by atoms with Crippen LogP contribution in [0.15, 0.2) is 30.3 Å². The number of benzene rings is 1. The first kappa shape index (κ1) is 21.2. The molecule has 8 heteroatoms. The van der Waals surface area contributed by atoms with Crippen LogP contribution in [0, 0.1) is 12.8 Å². The largest absolute Gasteiger partial charge is 0.452 e. The Morgan fingerprint density at radius 1 is 1.14 bits per heavy atom. The number of aromatic nitrogens is 2. The van der Waals surface area contributed by atoms with Crippen molar-refractivity contribution >= 4 is 29.2 Å². The highest BCUT2D eigenvalue weighted by Crippen LogP contribution is 2.22. The molecule has 0 spiro atoms. The minimum Gasteiger partial charge on any atom is -0.452 e. The van der Waals surface area contributed by atoms with Gasteiger partial charge in [0.2, 0.25) is 0 Å². The van der Waals surface area contributed by atoms with Gasteiger partial charge in [-0.25, -0.2) is 4.79 Å². The van der Waals surface area contributed by atoms with Crippen LogP contribution in [-0.4, -0.2) is 59.3 Å². The smallest absolute Gasteiger partial charge is 0.343 e. The molecule has 0 atom stereocenters. The topological polar surface area (TPSA) is 67.7 Å². The summed E-state index contributed by atoms with van der Waals surface area (Å²) in [6.07, 6.45) is 0. The third kappa shape index (κ3) is 5.09. The lowest BCUT2D eigenvalue weighted by Crippen LogP contribution is -2.49. The van der Waals surface area contributed by atoms with E-state index < -0.39 is 5.97 Å². The number of ether oxygens (including phenoxy) is 1. The first-order valence-corrected chi connectivity index (χ1v) is 10.2. The SMILES string of the molecule is Cc1nn(CC(C)C)c(Cl)c1C(=O)OCC(=O)N1CCN(c2ccccc2)CC1. The highest BCUT2D eigenvalue weighted by atomic mass is 35.5. The number of halogens is 1. The summed E-state index contributed by atoms with van der Waals surface area (Å²) in [4.78, 5) is 28.9. The number of esters is 1. The Kier molecular flexibility index (Phi) is 6.79. The molecule has 1 aliphatic rings. The van der Waals surface area contributed by atoms with E-state index in [0.29, 0.717) is 31.2 Å². The fraction of sp³-hybridized carbons (Fsp3) is 0.476. The fourth-order valence-corrected chi connectivity index (χ4v) is 3.72. The second kappa shape index (κ2) is 9.31. The maximum atomic E-state index is 12.5. The molecule has 0 bridgehead atoms. The maximum Gasteiger partial charge on any atom is 0.343 e. The van der Waals surface area contributed by atoms with Gasteiger partial charge in [0.25, 0.3) is 5.91 Å². The van der Waals surface area contributed by atoms with Crippen LogP contribution in [0.4, 0.5) is 5.69 Å². The van der Waals surface area contributed by atoms with Crippen molar-refractivity contribution in [1.29, 1.82) is 0 Å². The third-order valence-corrected chi connectivity index (χ3v) is 5.27. The zero-order valence-electron chi connectivity index (χ0n) is 17.1. The van der Waals surface area contributed by atoms with Crippen LogP contribution < -0.4 is 4.90 Å². The molecule has 156 valence electrons. The highest BCUT2D eigenvalue weighted by Gasteiger charge is 2.25. The average molecular weight is 419 g/mol. The molecule has 2 aromatic rings. The summed E-state index contributed by atoms with van der Waals surface area (Å²) in [6.45, 7) is 8.79. The van der Waals surface area contributed by atoms with Gasteiger partial charge in [-0.3, -0.25) is 9.48 Å². The van der Waals surface area contributed by atoms with Crippen molar-refractivity contribution < 1.29 is 14.3 Å². The number of carbonyl (C=O) groups is 2. The predicted octanol–water partition coefficient (Wildman–Crippen LogP) is 3.01. The number of aryl methyl sites for hydroxylation is 1. The molecule has 1 saturated heterocycles. The van der Waals surface area contributed by atoms with Crippen molar-refractivity contribution in [3.05, 3.63) is 46.7 Å². The number of nitrogens with zero attached hydrogens (tertiary/aromatic N) is 4. The number of anilines is 1. The van der Waals surface area contributed by atoms with Crippen molar-refractivity contribution in [2.45, 2.75) is 27.3 Å². The molecule has 0 N–H and O–H groups in total. The number of amides is 1. The summed E-state index contributed by atoms with van der Waals surface area (Å²) >= 11 is 6.31. The van der Waals surface area contributed by atoms with Crippen LogP contribution in [0.2, 0.25) is 5.15 Å². The van der Waals surface area contributed by atoms with E-state index in [1.54, 1.807) is 16.5 Å².